The van der Waals surface area contributed by atoms with Gasteiger partial charge in [-0.05, 0) is 31.0 Å². The van der Waals surface area contributed by atoms with E-state index in [1.54, 1.807) is 6.07 Å². The Morgan fingerprint density at radius 2 is 2.10 bits per heavy atom. The Labute approximate surface area is 117 Å². The lowest BCUT2D eigenvalue weighted by atomic mass is 9.81. The zero-order valence-electron chi connectivity index (χ0n) is 11.3. The molecule has 0 bridgehead atoms. The second kappa shape index (κ2) is 6.11. The van der Waals surface area contributed by atoms with Crippen molar-refractivity contribution < 1.29 is 19.4 Å². The summed E-state index contributed by atoms with van der Waals surface area (Å²) in [6, 6.07) is 4.46. The Morgan fingerprint density at radius 1 is 1.40 bits per heavy atom. The Hall–Kier alpha value is -1.79. The average molecular weight is 280 g/mol. The van der Waals surface area contributed by atoms with Crippen molar-refractivity contribution >= 4 is 11.7 Å². The van der Waals surface area contributed by atoms with Crippen LogP contribution in [0.15, 0.2) is 18.2 Å². The summed E-state index contributed by atoms with van der Waals surface area (Å²) < 4.78 is 11.1. The van der Waals surface area contributed by atoms with Gasteiger partial charge in [0.25, 0.3) is 0 Å². The maximum absolute atomic E-state index is 10.8. The fraction of sp³-hybridized carbons (Fsp3) is 0.500. The van der Waals surface area contributed by atoms with E-state index in [0.29, 0.717) is 37.8 Å². The van der Waals surface area contributed by atoms with Gasteiger partial charge in [-0.2, -0.15) is 0 Å². The van der Waals surface area contributed by atoms with Crippen LogP contribution in [0.25, 0.3) is 0 Å². The lowest BCUT2D eigenvalue weighted by molar-refractivity contribution is -0.00485. The molecule has 0 saturated carbocycles. The minimum absolute atomic E-state index is 0.0871. The van der Waals surface area contributed by atoms with Crippen molar-refractivity contribution in [2.24, 2.45) is 11.1 Å². The van der Waals surface area contributed by atoms with Crippen molar-refractivity contribution in [1.29, 1.82) is 0 Å². The van der Waals surface area contributed by atoms with Gasteiger partial charge in [-0.25, -0.2) is 4.79 Å². The van der Waals surface area contributed by atoms with Gasteiger partial charge in [-0.3, -0.25) is 0 Å². The first-order valence-electron chi connectivity index (χ1n) is 6.60. The Morgan fingerprint density at radius 3 is 2.65 bits per heavy atom. The van der Waals surface area contributed by atoms with E-state index < -0.39 is 5.97 Å². The third-order valence-corrected chi connectivity index (χ3v) is 3.78. The molecule has 1 heterocycles. The normalized spacial score (nSPS) is 17.6. The number of benzene rings is 1. The monoisotopic (exact) mass is 280 g/mol. The molecule has 2 rings (SSSR count). The number of anilines is 1. The maximum atomic E-state index is 10.8. The van der Waals surface area contributed by atoms with Gasteiger partial charge in [0.2, 0.25) is 0 Å². The molecule has 1 aliphatic heterocycles. The molecule has 0 radical (unpaired) electrons. The van der Waals surface area contributed by atoms with E-state index in [-0.39, 0.29) is 11.0 Å². The third-order valence-electron chi connectivity index (χ3n) is 3.78. The highest BCUT2D eigenvalue weighted by molar-refractivity contribution is 5.89. The summed E-state index contributed by atoms with van der Waals surface area (Å²) in [4.78, 5) is 10.8. The Kier molecular flexibility index (Phi) is 4.46. The Bertz CT molecular complexity index is 484. The first kappa shape index (κ1) is 14.6. The second-order valence-corrected chi connectivity index (χ2v) is 5.16. The molecular weight excluding hydrogens is 260 g/mol. The predicted molar refractivity (Wildman–Crippen MR) is 74.8 cm³/mol. The van der Waals surface area contributed by atoms with Gasteiger partial charge < -0.3 is 26.0 Å². The number of carbonyl (C=O) groups is 1. The zero-order chi connectivity index (χ0) is 14.6. The van der Waals surface area contributed by atoms with Gasteiger partial charge in [-0.15, -0.1) is 0 Å². The molecule has 110 valence electrons. The smallest absolute Gasteiger partial charge is 0.335 e. The largest absolute Gasteiger partial charge is 0.491 e. The number of aromatic carboxylic acids is 1. The summed E-state index contributed by atoms with van der Waals surface area (Å²) in [7, 11) is 0. The van der Waals surface area contributed by atoms with Crippen LogP contribution in [-0.4, -0.2) is 37.4 Å². The number of hydrogen-bond acceptors (Lipinski definition) is 5. The molecule has 0 unspecified atom stereocenters. The van der Waals surface area contributed by atoms with Crippen molar-refractivity contribution in [2.45, 2.75) is 12.8 Å². The van der Waals surface area contributed by atoms with E-state index in [2.05, 4.69) is 0 Å². The molecule has 6 heteroatoms. The molecule has 20 heavy (non-hydrogen) atoms. The molecule has 0 amide bonds. The van der Waals surface area contributed by atoms with Crippen LogP contribution in [0.4, 0.5) is 5.69 Å². The van der Waals surface area contributed by atoms with Crippen LogP contribution in [0.2, 0.25) is 0 Å². The molecule has 1 fully saturated rings. The summed E-state index contributed by atoms with van der Waals surface area (Å²) in [5.41, 5.74) is 12.1. The number of carboxylic acids is 1. The van der Waals surface area contributed by atoms with E-state index in [1.807, 2.05) is 0 Å². The Balaban J connectivity index is 2.04. The molecule has 1 aromatic rings. The van der Waals surface area contributed by atoms with Crippen molar-refractivity contribution in [3.05, 3.63) is 23.8 Å². The van der Waals surface area contributed by atoms with E-state index in [4.69, 9.17) is 26.0 Å². The quantitative estimate of drug-likeness (QED) is 0.697. The van der Waals surface area contributed by atoms with Crippen LogP contribution in [0.1, 0.15) is 23.2 Å². The molecule has 6 nitrogen and oxygen atoms in total. The van der Waals surface area contributed by atoms with Crippen LogP contribution in [0.5, 0.6) is 5.75 Å². The fourth-order valence-electron chi connectivity index (χ4n) is 2.26. The molecule has 0 aromatic heterocycles. The van der Waals surface area contributed by atoms with Crippen LogP contribution in [0, 0.1) is 5.41 Å². The number of rotatable bonds is 5. The molecule has 5 N–H and O–H groups in total. The van der Waals surface area contributed by atoms with Crippen LogP contribution >= 0.6 is 0 Å². The zero-order valence-corrected chi connectivity index (χ0v) is 11.3. The molecule has 0 spiro atoms. The summed E-state index contributed by atoms with van der Waals surface area (Å²) in [5.74, 6) is -0.513. The molecule has 1 aliphatic rings. The summed E-state index contributed by atoms with van der Waals surface area (Å²) in [6.45, 7) is 2.37. The minimum Gasteiger partial charge on any atom is -0.491 e. The van der Waals surface area contributed by atoms with Gasteiger partial charge in [0, 0.05) is 25.2 Å². The standard InChI is InChI=1S/C14H20N2O4/c15-8-14(3-5-19-6-4-14)9-20-12-2-1-10(13(17)18)7-11(12)16/h1-2,7H,3-6,8-9,15-16H2,(H,17,18). The van der Waals surface area contributed by atoms with Crippen LogP contribution < -0.4 is 16.2 Å². The molecular formula is C14H20N2O4. The van der Waals surface area contributed by atoms with E-state index >= 15 is 0 Å². The SMILES string of the molecule is NCC1(COc2ccc(C(=O)O)cc2N)CCOCC1. The van der Waals surface area contributed by atoms with Crippen molar-refractivity contribution in [2.75, 3.05) is 32.1 Å². The highest BCUT2D eigenvalue weighted by atomic mass is 16.5. The number of nitrogen functional groups attached to an aromatic ring is 1. The third kappa shape index (κ3) is 3.20. The van der Waals surface area contributed by atoms with Crippen molar-refractivity contribution in [1.82, 2.24) is 0 Å². The lowest BCUT2D eigenvalue weighted by Crippen LogP contribution is -2.41. The fourth-order valence-corrected chi connectivity index (χ4v) is 2.26. The lowest BCUT2D eigenvalue weighted by Gasteiger charge is -2.35. The number of hydrogen-bond donors (Lipinski definition) is 3. The van der Waals surface area contributed by atoms with Crippen molar-refractivity contribution in [3.63, 3.8) is 0 Å². The van der Waals surface area contributed by atoms with Gasteiger partial charge in [0.15, 0.2) is 0 Å². The summed E-state index contributed by atoms with van der Waals surface area (Å²) in [6.07, 6.45) is 1.72. The highest BCUT2D eigenvalue weighted by Crippen LogP contribution is 2.31. The van der Waals surface area contributed by atoms with E-state index in [9.17, 15) is 4.79 Å². The number of nitrogens with two attached hydrogens (primary N) is 2. The molecule has 0 atom stereocenters. The van der Waals surface area contributed by atoms with E-state index in [0.717, 1.165) is 12.8 Å². The number of carboxylic acid groups (broad SMARTS) is 1. The van der Waals surface area contributed by atoms with Crippen molar-refractivity contribution in [3.8, 4) is 5.75 Å². The molecule has 1 saturated heterocycles. The first-order valence-corrected chi connectivity index (χ1v) is 6.60. The maximum Gasteiger partial charge on any atom is 0.335 e. The summed E-state index contributed by atoms with van der Waals surface area (Å²) in [5, 5.41) is 8.89. The highest BCUT2D eigenvalue weighted by Gasteiger charge is 2.32. The second-order valence-electron chi connectivity index (χ2n) is 5.16. The molecule has 0 aliphatic carbocycles. The number of ether oxygens (including phenoxy) is 2. The summed E-state index contributed by atoms with van der Waals surface area (Å²) >= 11 is 0. The van der Waals surface area contributed by atoms with E-state index in [1.165, 1.54) is 12.1 Å². The van der Waals surface area contributed by atoms with Gasteiger partial charge >= 0.3 is 5.97 Å². The average Bonchev–Trinajstić information content (AvgIpc) is 2.47. The van der Waals surface area contributed by atoms with Crippen LogP contribution in [-0.2, 0) is 4.74 Å². The minimum atomic E-state index is -1.01. The van der Waals surface area contributed by atoms with Crippen LogP contribution in [0.3, 0.4) is 0 Å². The van der Waals surface area contributed by atoms with Gasteiger partial charge in [0.05, 0.1) is 17.9 Å². The van der Waals surface area contributed by atoms with Gasteiger partial charge in [0.1, 0.15) is 5.75 Å². The van der Waals surface area contributed by atoms with Gasteiger partial charge in [-0.1, -0.05) is 0 Å². The molecule has 1 aromatic carbocycles. The first-order chi connectivity index (χ1) is 9.56. The topological polar surface area (TPSA) is 108 Å². The predicted octanol–water partition coefficient (Wildman–Crippen LogP) is 1.10.